The third kappa shape index (κ3) is 4.66. The summed E-state index contributed by atoms with van der Waals surface area (Å²) >= 11 is 12.0. The second-order valence-corrected chi connectivity index (χ2v) is 10.1. The van der Waals surface area contributed by atoms with E-state index in [-0.39, 0.29) is 23.0 Å². The Bertz CT molecular complexity index is 1150. The first kappa shape index (κ1) is 23.4. The maximum Gasteiger partial charge on any atom is 0.267 e. The smallest absolute Gasteiger partial charge is 0.267 e. The number of carbonyl (C=O) groups excluding carboxylic acids is 2. The number of amides is 2. The molecular weight excluding hydrogens is 463 g/mol. The van der Waals surface area contributed by atoms with Crippen LogP contribution in [0.3, 0.4) is 0 Å². The first-order chi connectivity index (χ1) is 14.5. The van der Waals surface area contributed by atoms with E-state index in [0.717, 1.165) is 5.56 Å². The fourth-order valence-corrected chi connectivity index (χ4v) is 5.11. The maximum absolute atomic E-state index is 12.9. The minimum absolute atomic E-state index is 0.0303. The molecule has 10 heteroatoms. The zero-order valence-corrected chi connectivity index (χ0v) is 19.6. The molecule has 0 aromatic heterocycles. The van der Waals surface area contributed by atoms with Crippen molar-refractivity contribution in [3.63, 3.8) is 0 Å². The van der Waals surface area contributed by atoms with E-state index in [0.29, 0.717) is 28.6 Å². The van der Waals surface area contributed by atoms with E-state index < -0.39 is 21.5 Å². The van der Waals surface area contributed by atoms with E-state index >= 15 is 0 Å². The van der Waals surface area contributed by atoms with Crippen LogP contribution in [-0.4, -0.2) is 44.3 Å². The van der Waals surface area contributed by atoms with Crippen molar-refractivity contribution in [1.82, 2.24) is 9.62 Å². The van der Waals surface area contributed by atoms with E-state index in [1.807, 2.05) is 0 Å². The average Bonchev–Trinajstić information content (AvgIpc) is 2.67. The van der Waals surface area contributed by atoms with E-state index in [1.165, 1.54) is 31.1 Å². The summed E-state index contributed by atoms with van der Waals surface area (Å²) in [6.07, 6.45) is 0.302. The second kappa shape index (κ2) is 8.68. The number of halogens is 2. The highest BCUT2D eigenvalue weighted by Gasteiger charge is 2.50. The minimum atomic E-state index is -4.20. The predicted molar refractivity (Wildman–Crippen MR) is 118 cm³/mol. The van der Waals surface area contributed by atoms with Gasteiger partial charge in [0.25, 0.3) is 15.9 Å². The van der Waals surface area contributed by atoms with Crippen LogP contribution < -0.4 is 9.46 Å². The summed E-state index contributed by atoms with van der Waals surface area (Å²) in [5.41, 5.74) is 0.0921. The molecule has 0 bridgehead atoms. The van der Waals surface area contributed by atoms with Crippen molar-refractivity contribution < 1.29 is 22.7 Å². The number of likely N-dealkylation sites (tertiary alicyclic amines) is 1. The van der Waals surface area contributed by atoms with Crippen molar-refractivity contribution in [1.29, 1.82) is 0 Å². The Kier molecular flexibility index (Phi) is 6.55. The summed E-state index contributed by atoms with van der Waals surface area (Å²) in [5.74, 6) is -0.986. The molecule has 0 radical (unpaired) electrons. The number of ether oxygens (including phenoxy) is 1. The summed E-state index contributed by atoms with van der Waals surface area (Å²) in [5, 5.41) is 0.799. The number of carbonyl (C=O) groups is 2. The van der Waals surface area contributed by atoms with Crippen LogP contribution in [0.5, 0.6) is 5.75 Å². The van der Waals surface area contributed by atoms with E-state index in [1.54, 1.807) is 31.2 Å². The third-order valence-electron chi connectivity index (χ3n) is 5.40. The van der Waals surface area contributed by atoms with Gasteiger partial charge in [0.15, 0.2) is 0 Å². The summed E-state index contributed by atoms with van der Waals surface area (Å²) < 4.78 is 32.9. The Morgan fingerprint density at radius 3 is 2.48 bits per heavy atom. The Labute approximate surface area is 191 Å². The topological polar surface area (TPSA) is 92.8 Å². The Balaban J connectivity index is 1.77. The summed E-state index contributed by atoms with van der Waals surface area (Å²) in [6.45, 7) is 3.67. The van der Waals surface area contributed by atoms with Gasteiger partial charge in [-0.3, -0.25) is 9.59 Å². The quantitative estimate of drug-likeness (QED) is 0.678. The molecule has 0 aliphatic carbocycles. The number of nitrogens with zero attached hydrogens (tertiary/aromatic N) is 1. The molecule has 31 heavy (non-hydrogen) atoms. The van der Waals surface area contributed by atoms with E-state index in [2.05, 4.69) is 4.72 Å². The molecule has 2 aromatic rings. The van der Waals surface area contributed by atoms with Gasteiger partial charge in [-0.25, -0.2) is 13.1 Å². The number of nitrogens with one attached hydrogen (secondary N) is 1. The van der Waals surface area contributed by atoms with Crippen molar-refractivity contribution in [3.8, 4) is 5.75 Å². The van der Waals surface area contributed by atoms with Gasteiger partial charge in [0.05, 0.1) is 13.5 Å². The van der Waals surface area contributed by atoms with Gasteiger partial charge in [-0.15, -0.1) is 0 Å². The van der Waals surface area contributed by atoms with Crippen molar-refractivity contribution in [3.05, 3.63) is 57.6 Å². The lowest BCUT2D eigenvalue weighted by Gasteiger charge is -2.49. The fraction of sp³-hybridized carbons (Fsp3) is 0.333. The summed E-state index contributed by atoms with van der Waals surface area (Å²) in [7, 11) is -2.84. The van der Waals surface area contributed by atoms with Gasteiger partial charge in [0.2, 0.25) is 5.91 Å². The molecule has 1 atom stereocenters. The van der Waals surface area contributed by atoms with Crippen molar-refractivity contribution >= 4 is 45.0 Å². The highest BCUT2D eigenvalue weighted by Crippen LogP contribution is 2.33. The molecule has 7 nitrogen and oxygen atoms in total. The van der Waals surface area contributed by atoms with Gasteiger partial charge in [0.1, 0.15) is 16.2 Å². The monoisotopic (exact) mass is 484 g/mol. The zero-order valence-electron chi connectivity index (χ0n) is 17.2. The third-order valence-corrected chi connectivity index (χ3v) is 7.36. The van der Waals surface area contributed by atoms with Crippen molar-refractivity contribution in [2.75, 3.05) is 13.7 Å². The SMILES string of the molecule is COc1cc(C)ccc1S(=O)(=O)NC(=O)C1(C)CCN1C(=O)Cc1ccc(Cl)cc1Cl. The van der Waals surface area contributed by atoms with Crippen LogP contribution >= 0.6 is 23.2 Å². The molecule has 1 aliphatic heterocycles. The molecule has 1 saturated heterocycles. The fourth-order valence-electron chi connectivity index (χ4n) is 3.40. The molecule has 2 amide bonds. The number of methoxy groups -OCH3 is 1. The molecule has 1 aliphatic rings. The zero-order chi connectivity index (χ0) is 23.0. The van der Waals surface area contributed by atoms with Crippen molar-refractivity contribution in [2.45, 2.75) is 37.1 Å². The molecule has 1 unspecified atom stereocenters. The molecule has 2 aromatic carbocycles. The van der Waals surface area contributed by atoms with Crippen LogP contribution in [0.25, 0.3) is 0 Å². The van der Waals surface area contributed by atoms with Gasteiger partial charge in [-0.2, -0.15) is 0 Å². The van der Waals surface area contributed by atoms with Crippen LogP contribution in [0.2, 0.25) is 10.0 Å². The first-order valence-electron chi connectivity index (χ1n) is 9.44. The second-order valence-electron chi connectivity index (χ2n) is 7.57. The number of hydrogen-bond acceptors (Lipinski definition) is 5. The highest BCUT2D eigenvalue weighted by atomic mass is 35.5. The van der Waals surface area contributed by atoms with E-state index in [9.17, 15) is 18.0 Å². The first-order valence-corrected chi connectivity index (χ1v) is 11.7. The van der Waals surface area contributed by atoms with Gasteiger partial charge < -0.3 is 9.64 Å². The standard InChI is InChI=1S/C21H22Cl2N2O5S/c1-13-4-7-18(17(10-13)30-3)31(28,29)24-20(27)21(2)8-9-25(21)19(26)11-14-5-6-15(22)12-16(14)23/h4-7,10,12H,8-9,11H2,1-3H3,(H,24,27). The molecule has 0 spiro atoms. The number of hydrogen-bond donors (Lipinski definition) is 1. The van der Waals surface area contributed by atoms with Crippen LogP contribution in [-0.2, 0) is 26.0 Å². The molecule has 166 valence electrons. The molecule has 0 saturated carbocycles. The Morgan fingerprint density at radius 1 is 1.19 bits per heavy atom. The largest absolute Gasteiger partial charge is 0.495 e. The Hall–Kier alpha value is -2.29. The molecular formula is C21H22Cl2N2O5S. The van der Waals surface area contributed by atoms with Gasteiger partial charge >= 0.3 is 0 Å². The lowest BCUT2D eigenvalue weighted by Crippen LogP contribution is -2.68. The molecule has 3 rings (SSSR count). The van der Waals surface area contributed by atoms with Gasteiger partial charge in [0, 0.05) is 16.6 Å². The van der Waals surface area contributed by atoms with Gasteiger partial charge in [-0.05, 0) is 55.7 Å². The lowest BCUT2D eigenvalue weighted by molar-refractivity contribution is -0.156. The lowest BCUT2D eigenvalue weighted by atomic mass is 9.85. The maximum atomic E-state index is 12.9. The van der Waals surface area contributed by atoms with Crippen LogP contribution in [0.1, 0.15) is 24.5 Å². The van der Waals surface area contributed by atoms with Crippen LogP contribution in [0.15, 0.2) is 41.3 Å². The molecule has 1 heterocycles. The highest BCUT2D eigenvalue weighted by molar-refractivity contribution is 7.90. The Morgan fingerprint density at radius 2 is 1.90 bits per heavy atom. The van der Waals surface area contributed by atoms with Gasteiger partial charge in [-0.1, -0.05) is 35.3 Å². The number of sulfonamides is 1. The molecule has 1 N–H and O–H groups in total. The van der Waals surface area contributed by atoms with Crippen LogP contribution in [0.4, 0.5) is 0 Å². The number of aryl methyl sites for hydroxylation is 1. The normalized spacial score (nSPS) is 18.3. The summed E-state index contributed by atoms with van der Waals surface area (Å²) in [4.78, 5) is 26.9. The number of benzene rings is 2. The summed E-state index contributed by atoms with van der Waals surface area (Å²) in [6, 6.07) is 9.36. The van der Waals surface area contributed by atoms with Crippen molar-refractivity contribution in [2.24, 2.45) is 0 Å². The molecule has 1 fully saturated rings. The van der Waals surface area contributed by atoms with Crippen LogP contribution in [0, 0.1) is 6.92 Å². The minimum Gasteiger partial charge on any atom is -0.495 e. The predicted octanol–water partition coefficient (Wildman–Crippen LogP) is 3.35. The average molecular weight is 485 g/mol. The number of rotatable bonds is 6. The van der Waals surface area contributed by atoms with E-state index in [4.69, 9.17) is 27.9 Å².